The molecule has 0 atom stereocenters. The van der Waals surface area contributed by atoms with E-state index in [2.05, 4.69) is 10.4 Å². The fourth-order valence-electron chi connectivity index (χ4n) is 2.89. The van der Waals surface area contributed by atoms with Gasteiger partial charge in [-0.15, -0.1) is 0 Å². The number of nitrogen functional groups attached to an aromatic ring is 1. The maximum atomic E-state index is 12.1. The van der Waals surface area contributed by atoms with Crippen LogP contribution in [0, 0.1) is 0 Å². The second kappa shape index (κ2) is 6.57. The number of likely N-dealkylation sites (tertiary alicyclic amines) is 1. The minimum atomic E-state index is -0.492. The monoisotopic (exact) mass is 349 g/mol. The normalized spacial score (nSPS) is 18.9. The summed E-state index contributed by atoms with van der Waals surface area (Å²) in [6.45, 7) is 6.78. The molecule has 2 heterocycles. The van der Waals surface area contributed by atoms with Gasteiger partial charge in [-0.25, -0.2) is 4.79 Å². The minimum absolute atomic E-state index is 0.128. The molecule has 1 aromatic rings. The molecule has 1 aromatic heterocycles. The molecule has 1 saturated carbocycles. The minimum Gasteiger partial charge on any atom is -0.444 e. The molecular formula is C17H27N5O3. The second-order valence-corrected chi connectivity index (χ2v) is 7.86. The van der Waals surface area contributed by atoms with Gasteiger partial charge >= 0.3 is 6.09 Å². The van der Waals surface area contributed by atoms with Gasteiger partial charge in [0.25, 0.3) is 5.91 Å². The SMILES string of the molecule is CC(C)(C)OC(=O)N1CCC(n2cc(N)c(C(=O)NC3CC3)n2)CC1. The van der Waals surface area contributed by atoms with Gasteiger partial charge in [0.2, 0.25) is 0 Å². The summed E-state index contributed by atoms with van der Waals surface area (Å²) in [7, 11) is 0. The highest BCUT2D eigenvalue weighted by Gasteiger charge is 2.30. The third-order valence-corrected chi connectivity index (χ3v) is 4.38. The van der Waals surface area contributed by atoms with Crippen molar-refractivity contribution >= 4 is 17.7 Å². The first-order chi connectivity index (χ1) is 11.7. The number of aromatic nitrogens is 2. The molecule has 0 bridgehead atoms. The average molecular weight is 349 g/mol. The lowest BCUT2D eigenvalue weighted by Crippen LogP contribution is -2.42. The van der Waals surface area contributed by atoms with Crippen molar-refractivity contribution < 1.29 is 14.3 Å². The van der Waals surface area contributed by atoms with Crippen LogP contribution < -0.4 is 11.1 Å². The summed E-state index contributed by atoms with van der Waals surface area (Å²) in [4.78, 5) is 26.0. The fourth-order valence-corrected chi connectivity index (χ4v) is 2.89. The van der Waals surface area contributed by atoms with Crippen LogP contribution in [-0.4, -0.2) is 51.4 Å². The number of hydrogen-bond donors (Lipinski definition) is 2. The largest absolute Gasteiger partial charge is 0.444 e. The zero-order chi connectivity index (χ0) is 18.2. The maximum Gasteiger partial charge on any atom is 0.410 e. The van der Waals surface area contributed by atoms with E-state index in [1.165, 1.54) is 0 Å². The molecule has 2 fully saturated rings. The molecule has 0 spiro atoms. The Labute approximate surface area is 147 Å². The topological polar surface area (TPSA) is 102 Å². The molecule has 1 saturated heterocycles. The molecule has 138 valence electrons. The smallest absolute Gasteiger partial charge is 0.410 e. The Bertz CT molecular complexity index is 652. The highest BCUT2D eigenvalue weighted by molar-refractivity contribution is 5.97. The van der Waals surface area contributed by atoms with Crippen LogP contribution >= 0.6 is 0 Å². The van der Waals surface area contributed by atoms with Gasteiger partial charge in [0.1, 0.15) is 5.60 Å². The van der Waals surface area contributed by atoms with E-state index in [9.17, 15) is 9.59 Å². The first kappa shape index (κ1) is 17.6. The van der Waals surface area contributed by atoms with Crippen molar-refractivity contribution in [2.45, 2.75) is 64.1 Å². The molecule has 1 aliphatic carbocycles. The number of amides is 2. The Kier molecular flexibility index (Phi) is 4.62. The van der Waals surface area contributed by atoms with Crippen molar-refractivity contribution in [3.8, 4) is 0 Å². The molecule has 2 aliphatic rings. The van der Waals surface area contributed by atoms with Crippen LogP contribution in [0.2, 0.25) is 0 Å². The second-order valence-electron chi connectivity index (χ2n) is 7.86. The average Bonchev–Trinajstić information content (AvgIpc) is 3.25. The van der Waals surface area contributed by atoms with E-state index in [-0.39, 0.29) is 24.1 Å². The molecule has 3 rings (SSSR count). The number of nitrogens with two attached hydrogens (primary N) is 1. The Morgan fingerprint density at radius 1 is 1.24 bits per heavy atom. The van der Waals surface area contributed by atoms with Gasteiger partial charge in [-0.3, -0.25) is 9.48 Å². The van der Waals surface area contributed by atoms with Gasteiger partial charge in [0.15, 0.2) is 5.69 Å². The van der Waals surface area contributed by atoms with E-state index >= 15 is 0 Å². The lowest BCUT2D eigenvalue weighted by atomic mass is 10.1. The lowest BCUT2D eigenvalue weighted by Gasteiger charge is -2.33. The number of carbonyl (C=O) groups is 2. The zero-order valence-corrected chi connectivity index (χ0v) is 15.1. The van der Waals surface area contributed by atoms with Crippen molar-refractivity contribution in [3.05, 3.63) is 11.9 Å². The van der Waals surface area contributed by atoms with Gasteiger partial charge in [0, 0.05) is 25.3 Å². The van der Waals surface area contributed by atoms with Gasteiger partial charge in [0.05, 0.1) is 11.7 Å². The number of piperidine rings is 1. The molecule has 2 amide bonds. The summed E-state index contributed by atoms with van der Waals surface area (Å²) < 4.78 is 7.17. The van der Waals surface area contributed by atoms with Crippen molar-refractivity contribution in [2.24, 2.45) is 0 Å². The molecule has 0 unspecified atom stereocenters. The van der Waals surface area contributed by atoms with Gasteiger partial charge in [-0.1, -0.05) is 0 Å². The number of ether oxygens (including phenoxy) is 1. The van der Waals surface area contributed by atoms with E-state index in [1.807, 2.05) is 20.8 Å². The third kappa shape index (κ3) is 4.43. The predicted molar refractivity (Wildman–Crippen MR) is 93.2 cm³/mol. The first-order valence-electron chi connectivity index (χ1n) is 8.86. The molecule has 8 heteroatoms. The number of carbonyl (C=O) groups excluding carboxylic acids is 2. The van der Waals surface area contributed by atoms with E-state index < -0.39 is 5.60 Å². The summed E-state index contributed by atoms with van der Waals surface area (Å²) in [5.74, 6) is -0.204. The van der Waals surface area contributed by atoms with Crippen LogP contribution in [0.3, 0.4) is 0 Å². The number of nitrogens with zero attached hydrogens (tertiary/aromatic N) is 3. The molecule has 25 heavy (non-hydrogen) atoms. The van der Waals surface area contributed by atoms with E-state index in [1.54, 1.807) is 15.8 Å². The molecule has 3 N–H and O–H groups in total. The molecule has 0 radical (unpaired) electrons. The van der Waals surface area contributed by atoms with Crippen molar-refractivity contribution in [1.82, 2.24) is 20.0 Å². The standard InChI is InChI=1S/C17H27N5O3/c1-17(2,3)25-16(24)21-8-6-12(7-9-21)22-10-13(18)14(20-22)15(23)19-11-4-5-11/h10-12H,4-9,18H2,1-3H3,(H,19,23). The number of hydrogen-bond acceptors (Lipinski definition) is 5. The van der Waals surface area contributed by atoms with Gasteiger partial charge in [-0.2, -0.15) is 5.10 Å². The van der Waals surface area contributed by atoms with Crippen molar-refractivity contribution in [1.29, 1.82) is 0 Å². The molecule has 0 aromatic carbocycles. The third-order valence-electron chi connectivity index (χ3n) is 4.38. The summed E-state index contributed by atoms with van der Waals surface area (Å²) in [6.07, 6.45) is 4.99. The quantitative estimate of drug-likeness (QED) is 0.868. The Balaban J connectivity index is 1.57. The summed E-state index contributed by atoms with van der Waals surface area (Å²) in [5.41, 5.74) is 6.16. The molecular weight excluding hydrogens is 322 g/mol. The Morgan fingerprint density at radius 3 is 2.44 bits per heavy atom. The number of anilines is 1. The van der Waals surface area contributed by atoms with E-state index in [4.69, 9.17) is 10.5 Å². The van der Waals surface area contributed by atoms with Gasteiger partial charge in [-0.05, 0) is 46.5 Å². The highest BCUT2D eigenvalue weighted by atomic mass is 16.6. The fraction of sp³-hybridized carbons (Fsp3) is 0.706. The summed E-state index contributed by atoms with van der Waals surface area (Å²) in [5, 5.41) is 7.30. The Hall–Kier alpha value is -2.25. The van der Waals surface area contributed by atoms with Crippen LogP contribution in [-0.2, 0) is 4.74 Å². The maximum absolute atomic E-state index is 12.1. The highest BCUT2D eigenvalue weighted by Crippen LogP contribution is 2.26. The molecule has 8 nitrogen and oxygen atoms in total. The number of nitrogens with one attached hydrogen (secondary N) is 1. The van der Waals surface area contributed by atoms with E-state index in [0.29, 0.717) is 24.5 Å². The van der Waals surface area contributed by atoms with Crippen LogP contribution in [0.5, 0.6) is 0 Å². The van der Waals surface area contributed by atoms with Crippen LogP contribution in [0.25, 0.3) is 0 Å². The van der Waals surface area contributed by atoms with E-state index in [0.717, 1.165) is 25.7 Å². The van der Waals surface area contributed by atoms with Gasteiger partial charge < -0.3 is 20.7 Å². The number of rotatable bonds is 3. The Morgan fingerprint density at radius 2 is 1.88 bits per heavy atom. The lowest BCUT2D eigenvalue weighted by molar-refractivity contribution is 0.0185. The van der Waals surface area contributed by atoms with Crippen LogP contribution in [0.1, 0.15) is 63.0 Å². The predicted octanol–water partition coefficient (Wildman–Crippen LogP) is 1.93. The van der Waals surface area contributed by atoms with Crippen LogP contribution in [0.15, 0.2) is 6.20 Å². The summed E-state index contributed by atoms with van der Waals surface area (Å²) >= 11 is 0. The van der Waals surface area contributed by atoms with Crippen molar-refractivity contribution in [2.75, 3.05) is 18.8 Å². The van der Waals surface area contributed by atoms with Crippen LogP contribution in [0.4, 0.5) is 10.5 Å². The summed E-state index contributed by atoms with van der Waals surface area (Å²) in [6, 6.07) is 0.401. The molecule has 1 aliphatic heterocycles. The first-order valence-corrected chi connectivity index (χ1v) is 8.86. The van der Waals surface area contributed by atoms with Crippen molar-refractivity contribution in [3.63, 3.8) is 0 Å². The zero-order valence-electron chi connectivity index (χ0n) is 15.1.